The van der Waals surface area contributed by atoms with Crippen LogP contribution in [0.3, 0.4) is 0 Å². The van der Waals surface area contributed by atoms with Gasteiger partial charge in [0.15, 0.2) is 0 Å². The van der Waals surface area contributed by atoms with Gasteiger partial charge in [-0.05, 0) is 13.8 Å². The van der Waals surface area contributed by atoms with E-state index in [1.54, 1.807) is 0 Å². The Hall–Kier alpha value is 0.870. The van der Waals surface area contributed by atoms with Gasteiger partial charge in [-0.3, -0.25) is 4.18 Å². The van der Waals surface area contributed by atoms with E-state index in [1.807, 2.05) is 0 Å². The SMILES string of the molecule is CCS(=O)(=O)OC(C)N.[H-].[Na+]. The molecule has 0 heterocycles. The zero-order chi connectivity index (χ0) is 7.49. The maximum absolute atomic E-state index is 10.5. The second kappa shape index (κ2) is 5.51. The summed E-state index contributed by atoms with van der Waals surface area (Å²) in [5.74, 6) is -0.0332. The summed E-state index contributed by atoms with van der Waals surface area (Å²) in [6.45, 7) is 2.96. The standard InChI is InChI=1S/C4H11NO3S.Na.H/c1-3-9(6,7)8-4(2)5;;/h4H,3,5H2,1-2H3;;/q;+1;-1. The van der Waals surface area contributed by atoms with Crippen LogP contribution in [0.2, 0.25) is 0 Å². The molecule has 4 nitrogen and oxygen atoms in total. The van der Waals surface area contributed by atoms with Gasteiger partial charge in [0.05, 0.1) is 5.75 Å². The molecule has 0 aromatic carbocycles. The molecule has 0 saturated heterocycles. The van der Waals surface area contributed by atoms with Crippen molar-refractivity contribution in [2.75, 3.05) is 5.75 Å². The van der Waals surface area contributed by atoms with E-state index in [-0.39, 0.29) is 36.7 Å². The Balaban J connectivity index is -0.000000320. The van der Waals surface area contributed by atoms with Crippen molar-refractivity contribution >= 4 is 10.1 Å². The molecule has 0 amide bonds. The van der Waals surface area contributed by atoms with Crippen molar-refractivity contribution in [1.29, 1.82) is 0 Å². The zero-order valence-corrected chi connectivity index (χ0v) is 9.31. The summed E-state index contributed by atoms with van der Waals surface area (Å²) in [5, 5.41) is 0. The molecule has 10 heavy (non-hydrogen) atoms. The molecule has 0 rings (SSSR count). The largest absolute Gasteiger partial charge is 1.00 e. The van der Waals surface area contributed by atoms with Crippen LogP contribution in [0, 0.1) is 0 Å². The van der Waals surface area contributed by atoms with Gasteiger partial charge < -0.3 is 7.16 Å². The molecular formula is C4H12NNaO3S. The summed E-state index contributed by atoms with van der Waals surface area (Å²) in [6, 6.07) is 0. The molecule has 0 fully saturated rings. The van der Waals surface area contributed by atoms with Gasteiger partial charge in [-0.2, -0.15) is 8.42 Å². The van der Waals surface area contributed by atoms with Gasteiger partial charge in [0.25, 0.3) is 10.1 Å². The van der Waals surface area contributed by atoms with Gasteiger partial charge in [0.1, 0.15) is 6.23 Å². The molecular weight excluding hydrogens is 165 g/mol. The van der Waals surface area contributed by atoms with Crippen LogP contribution in [0.15, 0.2) is 0 Å². The van der Waals surface area contributed by atoms with Crippen LogP contribution in [0.1, 0.15) is 15.3 Å². The number of hydrogen-bond acceptors (Lipinski definition) is 4. The molecule has 0 radical (unpaired) electrons. The number of rotatable bonds is 3. The van der Waals surface area contributed by atoms with E-state index in [0.29, 0.717) is 0 Å². The quantitative estimate of drug-likeness (QED) is 0.280. The summed E-state index contributed by atoms with van der Waals surface area (Å²) in [5.41, 5.74) is 5.05. The molecule has 2 N–H and O–H groups in total. The number of nitrogens with two attached hydrogens (primary N) is 1. The average Bonchev–Trinajstić information content (AvgIpc) is 1.63. The maximum atomic E-state index is 10.5. The van der Waals surface area contributed by atoms with E-state index >= 15 is 0 Å². The average molecular weight is 177 g/mol. The van der Waals surface area contributed by atoms with Crippen LogP contribution < -0.4 is 35.3 Å². The van der Waals surface area contributed by atoms with E-state index in [4.69, 9.17) is 5.73 Å². The summed E-state index contributed by atoms with van der Waals surface area (Å²) < 4.78 is 25.4. The normalized spacial score (nSPS) is 13.9. The Morgan fingerprint density at radius 1 is 1.70 bits per heavy atom. The molecule has 1 unspecified atom stereocenters. The molecule has 1 atom stereocenters. The minimum absolute atomic E-state index is 0. The van der Waals surface area contributed by atoms with Gasteiger partial charge >= 0.3 is 29.6 Å². The van der Waals surface area contributed by atoms with E-state index in [1.165, 1.54) is 13.8 Å². The third kappa shape index (κ3) is 6.98. The minimum Gasteiger partial charge on any atom is -1.00 e. The van der Waals surface area contributed by atoms with Crippen LogP contribution in [0.4, 0.5) is 0 Å². The maximum Gasteiger partial charge on any atom is 1.00 e. The van der Waals surface area contributed by atoms with Crippen molar-refractivity contribution in [2.24, 2.45) is 5.73 Å². The molecule has 6 heteroatoms. The molecule has 0 aliphatic heterocycles. The first-order valence-electron chi connectivity index (χ1n) is 2.64. The second-order valence-electron chi connectivity index (χ2n) is 1.65. The fourth-order valence-corrected chi connectivity index (χ4v) is 0.898. The van der Waals surface area contributed by atoms with E-state index < -0.39 is 16.3 Å². The molecule has 0 aromatic heterocycles. The van der Waals surface area contributed by atoms with E-state index in [0.717, 1.165) is 0 Å². The summed E-state index contributed by atoms with van der Waals surface area (Å²) in [6.07, 6.45) is -0.741. The summed E-state index contributed by atoms with van der Waals surface area (Å²) in [4.78, 5) is 0. The van der Waals surface area contributed by atoms with E-state index in [9.17, 15) is 8.42 Å². The number of hydrogen-bond donors (Lipinski definition) is 1. The molecule has 0 aliphatic carbocycles. The fraction of sp³-hybridized carbons (Fsp3) is 1.00. The third-order valence-electron chi connectivity index (χ3n) is 0.652. The Labute approximate surface area is 85.0 Å². The smallest absolute Gasteiger partial charge is 1.00 e. The topological polar surface area (TPSA) is 69.4 Å². The van der Waals surface area contributed by atoms with Crippen molar-refractivity contribution in [3.63, 3.8) is 0 Å². The van der Waals surface area contributed by atoms with E-state index in [2.05, 4.69) is 4.18 Å². The van der Waals surface area contributed by atoms with Crippen LogP contribution >= 0.6 is 0 Å². The first kappa shape index (κ1) is 13.5. The van der Waals surface area contributed by atoms with Gasteiger partial charge in [-0.1, -0.05) is 0 Å². The Morgan fingerprint density at radius 2 is 2.10 bits per heavy atom. The minimum atomic E-state index is -3.34. The van der Waals surface area contributed by atoms with Crippen molar-refractivity contribution in [3.8, 4) is 0 Å². The Morgan fingerprint density at radius 3 is 2.20 bits per heavy atom. The summed E-state index contributed by atoms with van der Waals surface area (Å²) >= 11 is 0. The zero-order valence-electron chi connectivity index (χ0n) is 7.49. The molecule has 0 bridgehead atoms. The van der Waals surface area contributed by atoms with Gasteiger partial charge in [0.2, 0.25) is 0 Å². The van der Waals surface area contributed by atoms with Gasteiger partial charge in [0, 0.05) is 0 Å². The van der Waals surface area contributed by atoms with Gasteiger partial charge in [-0.15, -0.1) is 0 Å². The van der Waals surface area contributed by atoms with Crippen LogP contribution in [0.25, 0.3) is 0 Å². The predicted octanol–water partition coefficient (Wildman–Crippen LogP) is -3.23. The van der Waals surface area contributed by atoms with Crippen LogP contribution in [-0.4, -0.2) is 20.4 Å². The molecule has 0 aromatic rings. The van der Waals surface area contributed by atoms with Crippen molar-refractivity contribution in [3.05, 3.63) is 0 Å². The molecule has 0 saturated carbocycles. The van der Waals surface area contributed by atoms with Gasteiger partial charge in [-0.25, -0.2) is 0 Å². The monoisotopic (exact) mass is 177 g/mol. The Bertz CT molecular complexity index is 170. The van der Waals surface area contributed by atoms with Crippen LogP contribution in [0.5, 0.6) is 0 Å². The first-order chi connectivity index (χ1) is 3.98. The first-order valence-corrected chi connectivity index (χ1v) is 4.22. The van der Waals surface area contributed by atoms with Crippen molar-refractivity contribution in [2.45, 2.75) is 20.1 Å². The third-order valence-corrected chi connectivity index (χ3v) is 1.96. The molecule has 0 spiro atoms. The predicted molar refractivity (Wildman–Crippen MR) is 35.3 cm³/mol. The van der Waals surface area contributed by atoms with Crippen molar-refractivity contribution in [1.82, 2.24) is 0 Å². The van der Waals surface area contributed by atoms with Crippen molar-refractivity contribution < 1.29 is 43.6 Å². The Kier molecular flexibility index (Phi) is 7.42. The summed E-state index contributed by atoms with van der Waals surface area (Å²) in [7, 11) is -3.34. The molecule has 0 aliphatic rings. The van der Waals surface area contributed by atoms with Crippen LogP contribution in [-0.2, 0) is 14.3 Å². The fourth-order valence-electron chi connectivity index (χ4n) is 0.299. The molecule has 58 valence electrons. The second-order valence-corrected chi connectivity index (χ2v) is 3.53.